The third kappa shape index (κ3) is 5.89. The van der Waals surface area contributed by atoms with Gasteiger partial charge in [-0.05, 0) is 64.9 Å². The Morgan fingerprint density at radius 2 is 1.88 bits per heavy atom. The van der Waals surface area contributed by atoms with Gasteiger partial charge in [-0.2, -0.15) is 0 Å². The molecule has 0 aliphatic carbocycles. The van der Waals surface area contributed by atoms with Crippen LogP contribution in [0.1, 0.15) is 12.5 Å². The van der Waals surface area contributed by atoms with Crippen LogP contribution in [0.2, 0.25) is 0 Å². The maximum absolute atomic E-state index is 11.8. The quantitative estimate of drug-likeness (QED) is 0.377. The van der Waals surface area contributed by atoms with E-state index in [1.54, 1.807) is 25.1 Å². The van der Waals surface area contributed by atoms with E-state index >= 15 is 0 Å². The highest BCUT2D eigenvalue weighted by atomic mass is 16.5. The summed E-state index contributed by atoms with van der Waals surface area (Å²) in [5.74, 6) is 0.0178. The summed E-state index contributed by atoms with van der Waals surface area (Å²) in [6.45, 7) is 6.09. The van der Waals surface area contributed by atoms with Gasteiger partial charge in [-0.25, -0.2) is 0 Å². The molecule has 7 nitrogen and oxygen atoms in total. The van der Waals surface area contributed by atoms with Gasteiger partial charge in [-0.15, -0.1) is 0 Å². The molecular weight excluding hydrogens is 428 g/mol. The molecular formula is C27H28N4O3. The molecule has 34 heavy (non-hydrogen) atoms. The molecule has 0 bridgehead atoms. The van der Waals surface area contributed by atoms with Crippen LogP contribution in [0, 0.1) is 0 Å². The first-order valence-corrected chi connectivity index (χ1v) is 10.7. The second-order valence-corrected chi connectivity index (χ2v) is 7.84. The number of aromatic nitrogens is 1. The fourth-order valence-corrected chi connectivity index (χ4v) is 3.39. The van der Waals surface area contributed by atoms with Gasteiger partial charge in [0.25, 0.3) is 0 Å². The summed E-state index contributed by atoms with van der Waals surface area (Å²) in [6.07, 6.45) is 6.06. The minimum absolute atomic E-state index is 0.0152. The van der Waals surface area contributed by atoms with Gasteiger partial charge in [0.2, 0.25) is 11.8 Å². The Bertz CT molecular complexity index is 1280. The summed E-state index contributed by atoms with van der Waals surface area (Å²) >= 11 is 0. The Balaban J connectivity index is 1.89. The Morgan fingerprint density at radius 1 is 1.15 bits per heavy atom. The first-order valence-electron chi connectivity index (χ1n) is 10.7. The van der Waals surface area contributed by atoms with Crippen LogP contribution in [0.3, 0.4) is 0 Å². The topological polar surface area (TPSA) is 112 Å². The maximum atomic E-state index is 11.8. The summed E-state index contributed by atoms with van der Waals surface area (Å²) < 4.78 is 6.07. The van der Waals surface area contributed by atoms with E-state index in [1.165, 1.54) is 18.4 Å². The van der Waals surface area contributed by atoms with E-state index in [9.17, 15) is 9.59 Å². The Kier molecular flexibility index (Phi) is 7.82. The first-order chi connectivity index (χ1) is 16.3. The van der Waals surface area contributed by atoms with Crippen LogP contribution in [0.25, 0.3) is 22.0 Å². The van der Waals surface area contributed by atoms with Crippen molar-refractivity contribution in [3.63, 3.8) is 0 Å². The van der Waals surface area contributed by atoms with Crippen molar-refractivity contribution >= 4 is 22.7 Å². The van der Waals surface area contributed by atoms with Crippen LogP contribution < -0.4 is 16.2 Å². The summed E-state index contributed by atoms with van der Waals surface area (Å²) in [5, 5.41) is 0.838. The molecule has 0 aliphatic heterocycles. The lowest BCUT2D eigenvalue weighted by atomic mass is 10.0. The largest absolute Gasteiger partial charge is 0.488 e. The van der Waals surface area contributed by atoms with Crippen molar-refractivity contribution in [1.82, 2.24) is 9.88 Å². The van der Waals surface area contributed by atoms with E-state index in [0.717, 1.165) is 27.6 Å². The zero-order chi connectivity index (χ0) is 24.7. The molecule has 2 aromatic carbocycles. The zero-order valence-electron chi connectivity index (χ0n) is 19.3. The number of ether oxygens (including phenoxy) is 1. The lowest BCUT2D eigenvalue weighted by molar-refractivity contribution is -0.128. The van der Waals surface area contributed by atoms with Gasteiger partial charge in [0, 0.05) is 37.7 Å². The smallest absolute Gasteiger partial charge is 0.249 e. The number of amides is 2. The molecule has 0 atom stereocenters. The highest BCUT2D eigenvalue weighted by Crippen LogP contribution is 2.32. The molecule has 0 aliphatic rings. The second kappa shape index (κ2) is 11.0. The van der Waals surface area contributed by atoms with Crippen molar-refractivity contribution in [2.24, 2.45) is 11.5 Å². The van der Waals surface area contributed by atoms with Crippen LogP contribution in [0.5, 0.6) is 5.75 Å². The van der Waals surface area contributed by atoms with Crippen LogP contribution >= 0.6 is 0 Å². The summed E-state index contributed by atoms with van der Waals surface area (Å²) in [4.78, 5) is 29.4. The fraction of sp³-hybridized carbons (Fsp3) is 0.148. The summed E-state index contributed by atoms with van der Waals surface area (Å²) in [7, 11) is 1.77. The standard InChI is InChI=1S/C27H28N4O3/c1-18(23(27(29)33)6-4-12-28)17-34-26-15-22(14-25-24(26)7-5-13-30-25)21-10-8-20(9-11-21)16-31(3)19(2)32/h4-15H,1,16-17,28H2,2-3H3,(H2,29,33)/b12-4-,23-6+. The highest BCUT2D eigenvalue weighted by molar-refractivity contribution is 5.96. The monoisotopic (exact) mass is 456 g/mol. The molecule has 0 spiro atoms. The van der Waals surface area contributed by atoms with Crippen LogP contribution in [0.4, 0.5) is 0 Å². The molecule has 2 amide bonds. The third-order valence-electron chi connectivity index (χ3n) is 5.35. The molecule has 4 N–H and O–H groups in total. The van der Waals surface area contributed by atoms with Gasteiger partial charge in [-0.1, -0.05) is 30.8 Å². The number of carbonyl (C=O) groups is 2. The van der Waals surface area contributed by atoms with Crippen molar-refractivity contribution in [3.05, 3.63) is 96.4 Å². The van der Waals surface area contributed by atoms with Gasteiger partial charge in [0.1, 0.15) is 12.4 Å². The van der Waals surface area contributed by atoms with E-state index < -0.39 is 5.91 Å². The van der Waals surface area contributed by atoms with Crippen LogP contribution in [0.15, 0.2) is 90.8 Å². The van der Waals surface area contributed by atoms with Crippen molar-refractivity contribution in [3.8, 4) is 16.9 Å². The Morgan fingerprint density at radius 3 is 2.53 bits per heavy atom. The second-order valence-electron chi connectivity index (χ2n) is 7.84. The minimum atomic E-state index is -0.609. The minimum Gasteiger partial charge on any atom is -0.488 e. The number of fused-ring (bicyclic) bond motifs is 1. The molecule has 0 saturated heterocycles. The average Bonchev–Trinajstić information content (AvgIpc) is 2.82. The van der Waals surface area contributed by atoms with Gasteiger partial charge in [0.15, 0.2) is 0 Å². The number of allylic oxidation sites excluding steroid dienone is 2. The number of carbonyl (C=O) groups excluding carboxylic acids is 2. The van der Waals surface area contributed by atoms with E-state index in [1.807, 2.05) is 48.5 Å². The van der Waals surface area contributed by atoms with E-state index in [-0.39, 0.29) is 18.1 Å². The van der Waals surface area contributed by atoms with Crippen LogP contribution in [-0.2, 0) is 16.1 Å². The molecule has 7 heteroatoms. The number of nitrogens with zero attached hydrogens (tertiary/aromatic N) is 2. The van der Waals surface area contributed by atoms with Crippen molar-refractivity contribution in [2.45, 2.75) is 13.5 Å². The molecule has 0 fully saturated rings. The molecule has 0 saturated carbocycles. The van der Waals surface area contributed by atoms with Gasteiger partial charge < -0.3 is 21.1 Å². The van der Waals surface area contributed by atoms with Gasteiger partial charge in [-0.3, -0.25) is 14.6 Å². The number of benzene rings is 2. The van der Waals surface area contributed by atoms with E-state index in [2.05, 4.69) is 11.6 Å². The van der Waals surface area contributed by atoms with Crippen molar-refractivity contribution < 1.29 is 14.3 Å². The molecule has 0 radical (unpaired) electrons. The van der Waals surface area contributed by atoms with E-state index in [4.69, 9.17) is 16.2 Å². The van der Waals surface area contributed by atoms with Crippen LogP contribution in [-0.4, -0.2) is 35.4 Å². The highest BCUT2D eigenvalue weighted by Gasteiger charge is 2.13. The van der Waals surface area contributed by atoms with Crippen molar-refractivity contribution in [2.75, 3.05) is 13.7 Å². The molecule has 174 valence electrons. The fourth-order valence-electron chi connectivity index (χ4n) is 3.39. The lowest BCUT2D eigenvalue weighted by Crippen LogP contribution is -2.22. The molecule has 3 aromatic rings. The molecule has 3 rings (SSSR count). The number of rotatable bonds is 9. The number of primary amides is 1. The van der Waals surface area contributed by atoms with Gasteiger partial charge in [0.05, 0.1) is 5.52 Å². The number of pyridine rings is 1. The number of nitrogens with two attached hydrogens (primary N) is 2. The SMILES string of the molecule is C=C(COc1cc(-c2ccc(CN(C)C(C)=O)cc2)cc2ncccc12)/C(=C\C=C/N)C(N)=O. The Labute approximate surface area is 199 Å². The average molecular weight is 457 g/mol. The third-order valence-corrected chi connectivity index (χ3v) is 5.35. The molecule has 1 heterocycles. The lowest BCUT2D eigenvalue weighted by Gasteiger charge is -2.16. The predicted octanol–water partition coefficient (Wildman–Crippen LogP) is 3.70. The predicted molar refractivity (Wildman–Crippen MR) is 135 cm³/mol. The summed E-state index contributed by atoms with van der Waals surface area (Å²) in [6, 6.07) is 15.7. The van der Waals surface area contributed by atoms with E-state index in [0.29, 0.717) is 17.9 Å². The maximum Gasteiger partial charge on any atom is 0.249 e. The normalized spacial score (nSPS) is 11.5. The summed E-state index contributed by atoms with van der Waals surface area (Å²) in [5.41, 5.74) is 15.2. The van der Waals surface area contributed by atoms with Gasteiger partial charge >= 0.3 is 0 Å². The zero-order valence-corrected chi connectivity index (χ0v) is 19.3. The first kappa shape index (κ1) is 24.3. The Hall–Kier alpha value is -4.39. The molecule has 1 aromatic heterocycles. The van der Waals surface area contributed by atoms with Crippen molar-refractivity contribution in [1.29, 1.82) is 0 Å². The number of hydrogen-bond donors (Lipinski definition) is 2. The number of hydrogen-bond acceptors (Lipinski definition) is 5. The molecule has 0 unspecified atom stereocenters.